The van der Waals surface area contributed by atoms with Crippen LogP contribution in [0.25, 0.3) is 6.08 Å². The highest BCUT2D eigenvalue weighted by Gasteiger charge is 2.17. The Bertz CT molecular complexity index is 828. The van der Waals surface area contributed by atoms with E-state index in [0.29, 0.717) is 18.4 Å². The first-order valence-electron chi connectivity index (χ1n) is 6.51. The molecule has 2 aromatic rings. The fourth-order valence-electron chi connectivity index (χ4n) is 2.76. The summed E-state index contributed by atoms with van der Waals surface area (Å²) in [5.41, 5.74) is 6.38. The Morgan fingerprint density at radius 3 is 2.95 bits per heavy atom. The van der Waals surface area contributed by atoms with Crippen LogP contribution in [0.1, 0.15) is 17.5 Å². The summed E-state index contributed by atoms with van der Waals surface area (Å²) in [7, 11) is 0. The summed E-state index contributed by atoms with van der Waals surface area (Å²) in [5, 5.41) is 0.712. The summed E-state index contributed by atoms with van der Waals surface area (Å²) >= 11 is 0. The van der Waals surface area contributed by atoms with E-state index in [1.54, 1.807) is 4.57 Å². The van der Waals surface area contributed by atoms with E-state index in [-0.39, 0.29) is 5.56 Å². The van der Waals surface area contributed by atoms with Crippen LogP contribution < -0.4 is 22.0 Å². The number of hydrogen-bond acceptors (Lipinski definition) is 3. The van der Waals surface area contributed by atoms with Crippen molar-refractivity contribution in [2.45, 2.75) is 19.5 Å². The van der Waals surface area contributed by atoms with Crippen molar-refractivity contribution in [2.75, 3.05) is 12.0 Å². The number of nitrogens with zero attached hydrogens (tertiary/aromatic N) is 3. The molecule has 0 bridgehead atoms. The van der Waals surface area contributed by atoms with Gasteiger partial charge in [0, 0.05) is 6.54 Å². The Kier molecular flexibility index (Phi) is 2.15. The van der Waals surface area contributed by atoms with Crippen LogP contribution in [-0.2, 0) is 13.1 Å². The lowest BCUT2D eigenvalue weighted by Gasteiger charge is -2.09. The van der Waals surface area contributed by atoms with E-state index in [0.717, 1.165) is 18.6 Å². The number of imidazole rings is 1. The monoisotopic (exact) mass is 254 g/mol. The second kappa shape index (κ2) is 3.85. The van der Waals surface area contributed by atoms with Crippen LogP contribution in [0, 0.1) is 0 Å². The number of hydrogen-bond donors (Lipinski definition) is 1. The average Bonchev–Trinajstić information content (AvgIpc) is 2.63. The zero-order valence-electron chi connectivity index (χ0n) is 10.5. The Balaban J connectivity index is 2.03. The number of nitrogens with one attached hydrogen (secondary N) is 1. The zero-order chi connectivity index (χ0) is 12.8. The predicted octanol–water partition coefficient (Wildman–Crippen LogP) is -0.441. The van der Waals surface area contributed by atoms with Gasteiger partial charge in [-0.25, -0.2) is 9.67 Å². The number of benzene rings is 1. The minimum absolute atomic E-state index is 0.0441. The highest BCUT2D eigenvalue weighted by Crippen LogP contribution is 2.12. The third-order valence-corrected chi connectivity index (χ3v) is 3.74. The smallest absolute Gasteiger partial charge is 0.279 e. The largest absolute Gasteiger partial charge is 0.322 e. The molecule has 0 fully saturated rings. The minimum Gasteiger partial charge on any atom is -0.322 e. The van der Waals surface area contributed by atoms with Crippen LogP contribution in [0.3, 0.4) is 0 Å². The molecule has 5 heteroatoms. The van der Waals surface area contributed by atoms with Crippen LogP contribution in [0.2, 0.25) is 0 Å². The van der Waals surface area contributed by atoms with Crippen molar-refractivity contribution >= 4 is 6.08 Å². The van der Waals surface area contributed by atoms with Crippen LogP contribution in [-0.4, -0.2) is 15.8 Å². The summed E-state index contributed by atoms with van der Waals surface area (Å²) in [6.45, 7) is 2.07. The van der Waals surface area contributed by atoms with Crippen molar-refractivity contribution in [3.63, 3.8) is 0 Å². The van der Waals surface area contributed by atoms with Crippen molar-refractivity contribution in [1.29, 1.82) is 0 Å². The molecule has 5 nitrogen and oxygen atoms in total. The second-order valence-corrected chi connectivity index (χ2v) is 4.90. The van der Waals surface area contributed by atoms with Crippen molar-refractivity contribution < 1.29 is 0 Å². The van der Waals surface area contributed by atoms with Gasteiger partial charge in [0.25, 0.3) is 5.56 Å². The van der Waals surface area contributed by atoms with Gasteiger partial charge in [0.1, 0.15) is 5.35 Å². The maximum absolute atomic E-state index is 12.4. The molecule has 0 atom stereocenters. The molecular weight excluding hydrogens is 240 g/mol. The number of aromatic nitrogens is 2. The van der Waals surface area contributed by atoms with Gasteiger partial charge >= 0.3 is 0 Å². The van der Waals surface area contributed by atoms with E-state index < -0.39 is 0 Å². The van der Waals surface area contributed by atoms with E-state index in [9.17, 15) is 4.79 Å². The van der Waals surface area contributed by atoms with E-state index in [4.69, 9.17) is 0 Å². The summed E-state index contributed by atoms with van der Waals surface area (Å²) in [5.74, 6) is 0. The molecular formula is C14H14N4O. The first-order chi connectivity index (χ1) is 9.34. The topological polar surface area (TPSA) is 51.3 Å². The van der Waals surface area contributed by atoms with Gasteiger partial charge in [0.15, 0.2) is 0 Å². The molecule has 1 N–H and O–H groups in total. The van der Waals surface area contributed by atoms with Crippen LogP contribution in [0.5, 0.6) is 0 Å². The third-order valence-electron chi connectivity index (χ3n) is 3.74. The molecule has 96 valence electrons. The summed E-state index contributed by atoms with van der Waals surface area (Å²) in [6.07, 6.45) is 2.87. The number of rotatable bonds is 0. The molecule has 4 rings (SSSR count). The molecule has 19 heavy (non-hydrogen) atoms. The molecule has 1 aromatic heterocycles. The maximum atomic E-state index is 12.4. The lowest BCUT2D eigenvalue weighted by molar-refractivity contribution is 0.668. The summed E-state index contributed by atoms with van der Waals surface area (Å²) in [6, 6.07) is 8.17. The Labute approximate surface area is 109 Å². The highest BCUT2D eigenvalue weighted by molar-refractivity contribution is 5.29. The Morgan fingerprint density at radius 2 is 2.05 bits per heavy atom. The molecule has 0 aliphatic carbocycles. The second-order valence-electron chi connectivity index (χ2n) is 4.90. The van der Waals surface area contributed by atoms with E-state index in [1.165, 1.54) is 11.1 Å². The zero-order valence-corrected chi connectivity index (χ0v) is 10.5. The normalized spacial score (nSPS) is 16.0. The molecule has 2 aliphatic heterocycles. The standard InChI is InChI=1S/C14H14N4O/c19-13-12-6-3-7-16-18(12)14-15-8-10-4-1-2-5-11(10)9-17(13)14/h1-2,4-6,16H,3,7-9H2. The first-order valence-corrected chi connectivity index (χ1v) is 6.51. The van der Waals surface area contributed by atoms with E-state index in [2.05, 4.69) is 22.6 Å². The molecule has 0 spiro atoms. The first kappa shape index (κ1) is 10.6. The summed E-state index contributed by atoms with van der Waals surface area (Å²) in [4.78, 5) is 17.0. The van der Waals surface area contributed by atoms with Gasteiger partial charge in [-0.2, -0.15) is 0 Å². The summed E-state index contributed by atoms with van der Waals surface area (Å²) < 4.78 is 3.59. The van der Waals surface area contributed by atoms with Crippen LogP contribution in [0.4, 0.5) is 0 Å². The third kappa shape index (κ3) is 1.47. The van der Waals surface area contributed by atoms with Gasteiger partial charge in [-0.15, -0.1) is 0 Å². The van der Waals surface area contributed by atoms with Crippen molar-refractivity contribution in [1.82, 2.24) is 9.24 Å². The van der Waals surface area contributed by atoms with Gasteiger partial charge in [0.2, 0.25) is 5.62 Å². The quantitative estimate of drug-likeness (QED) is 0.693. The van der Waals surface area contributed by atoms with Crippen LogP contribution in [0.15, 0.2) is 34.1 Å². The molecule has 0 unspecified atom stereocenters. The minimum atomic E-state index is 0.0441. The predicted molar refractivity (Wildman–Crippen MR) is 72.0 cm³/mol. The average molecular weight is 254 g/mol. The molecule has 1 aromatic carbocycles. The van der Waals surface area contributed by atoms with E-state index in [1.807, 2.05) is 22.9 Å². The lowest BCUT2D eigenvalue weighted by Crippen LogP contribution is -2.41. The molecule has 2 aliphatic rings. The van der Waals surface area contributed by atoms with Gasteiger partial charge in [-0.05, 0) is 17.5 Å². The molecule has 0 radical (unpaired) electrons. The number of fused-ring (bicyclic) bond motifs is 4. The molecule has 0 saturated heterocycles. The fourth-order valence-corrected chi connectivity index (χ4v) is 2.76. The van der Waals surface area contributed by atoms with Gasteiger partial charge < -0.3 is 5.43 Å². The van der Waals surface area contributed by atoms with Gasteiger partial charge in [0.05, 0.1) is 13.1 Å². The highest BCUT2D eigenvalue weighted by atomic mass is 16.1. The Morgan fingerprint density at radius 1 is 1.21 bits per heavy atom. The van der Waals surface area contributed by atoms with Gasteiger partial charge in [-0.1, -0.05) is 30.3 Å². The van der Waals surface area contributed by atoms with Crippen molar-refractivity contribution in [3.8, 4) is 0 Å². The van der Waals surface area contributed by atoms with Crippen molar-refractivity contribution in [3.05, 3.63) is 56.7 Å². The lowest BCUT2D eigenvalue weighted by atomic mass is 10.1. The molecule has 3 heterocycles. The fraction of sp³-hybridized carbons (Fsp3) is 0.286. The maximum Gasteiger partial charge on any atom is 0.279 e. The van der Waals surface area contributed by atoms with Crippen molar-refractivity contribution in [2.24, 2.45) is 4.99 Å². The van der Waals surface area contributed by atoms with Crippen LogP contribution >= 0.6 is 0 Å². The molecule has 0 amide bonds. The Hall–Kier alpha value is -2.30. The van der Waals surface area contributed by atoms with Gasteiger partial charge in [-0.3, -0.25) is 9.36 Å². The molecule has 0 saturated carbocycles. The SMILES string of the molecule is O=c1c2n(c3n1Cc1ccccc1CN=3)NCCC=2. The van der Waals surface area contributed by atoms with E-state index >= 15 is 0 Å².